The van der Waals surface area contributed by atoms with Crippen molar-refractivity contribution in [2.75, 3.05) is 5.32 Å². The van der Waals surface area contributed by atoms with Crippen LogP contribution < -0.4 is 5.32 Å². The molecule has 1 heterocycles. The molecule has 0 aromatic heterocycles. The van der Waals surface area contributed by atoms with E-state index < -0.39 is 11.7 Å². The number of nitrogens with one attached hydrogen (secondary N) is 1. The first kappa shape index (κ1) is 13.2. The molecule has 100 valence electrons. The zero-order valence-electron chi connectivity index (χ0n) is 10.9. The van der Waals surface area contributed by atoms with Crippen LogP contribution in [0.3, 0.4) is 0 Å². The molecular weight excluding hydrogens is 239 g/mol. The Balaban J connectivity index is 2.53. The minimum Gasteiger partial charge on any atom is -0.380 e. The maximum absolute atomic E-state index is 13.0. The van der Waals surface area contributed by atoms with E-state index in [-0.39, 0.29) is 11.5 Å². The van der Waals surface area contributed by atoms with Gasteiger partial charge in [-0.15, -0.1) is 0 Å². The predicted octanol–water partition coefficient (Wildman–Crippen LogP) is 4.79. The summed E-state index contributed by atoms with van der Waals surface area (Å²) in [7, 11) is 0. The number of hydrogen-bond donors (Lipinski definition) is 1. The summed E-state index contributed by atoms with van der Waals surface area (Å²) in [6, 6.07) is 4.39. The number of hydrogen-bond acceptors (Lipinski definition) is 1. The number of benzene rings is 1. The van der Waals surface area contributed by atoms with E-state index >= 15 is 0 Å². The summed E-state index contributed by atoms with van der Waals surface area (Å²) in [6.07, 6.45) is -2.65. The first-order chi connectivity index (χ1) is 8.27. The van der Waals surface area contributed by atoms with Crippen LogP contribution in [0.2, 0.25) is 0 Å². The van der Waals surface area contributed by atoms with E-state index in [1.54, 1.807) is 6.07 Å². The molecule has 0 fully saturated rings. The Morgan fingerprint density at radius 1 is 1.39 bits per heavy atom. The molecule has 0 amide bonds. The van der Waals surface area contributed by atoms with E-state index in [1.165, 1.54) is 12.1 Å². The van der Waals surface area contributed by atoms with Gasteiger partial charge in [0.05, 0.1) is 5.56 Å². The average molecular weight is 257 g/mol. The summed E-state index contributed by atoms with van der Waals surface area (Å²) in [5.74, 6) is -0.0796. The molecule has 1 aliphatic rings. The largest absolute Gasteiger partial charge is 0.416 e. The molecule has 2 unspecified atom stereocenters. The van der Waals surface area contributed by atoms with Crippen molar-refractivity contribution in [1.82, 2.24) is 0 Å². The van der Waals surface area contributed by atoms with Gasteiger partial charge in [0, 0.05) is 11.2 Å². The first-order valence-corrected chi connectivity index (χ1v) is 6.25. The van der Waals surface area contributed by atoms with E-state index in [0.29, 0.717) is 11.3 Å². The van der Waals surface area contributed by atoms with Crippen molar-refractivity contribution in [1.29, 1.82) is 0 Å². The molecule has 0 saturated carbocycles. The Kier molecular flexibility index (Phi) is 3.07. The number of alkyl halides is 3. The van der Waals surface area contributed by atoms with Crippen molar-refractivity contribution in [2.45, 2.75) is 51.2 Å². The molecule has 1 N–H and O–H groups in total. The Morgan fingerprint density at radius 2 is 2.06 bits per heavy atom. The highest BCUT2D eigenvalue weighted by molar-refractivity contribution is 5.60. The van der Waals surface area contributed by atoms with Crippen molar-refractivity contribution < 1.29 is 13.2 Å². The fourth-order valence-corrected chi connectivity index (χ4v) is 2.84. The summed E-state index contributed by atoms with van der Waals surface area (Å²) in [5, 5.41) is 3.27. The highest BCUT2D eigenvalue weighted by Crippen LogP contribution is 2.45. The number of halogens is 3. The lowest BCUT2D eigenvalue weighted by Gasteiger charge is -2.40. The Labute approximate surface area is 105 Å². The summed E-state index contributed by atoms with van der Waals surface area (Å²) < 4.78 is 39.0. The standard InChI is InChI=1S/C14H18F3N/c1-4-13(3)8-9(2)12-10(14(15,16)17)6-5-7-11(12)18-13/h5-7,9,18H,4,8H2,1-3H3. The molecule has 0 aliphatic carbocycles. The molecule has 0 spiro atoms. The maximum Gasteiger partial charge on any atom is 0.416 e. The van der Waals surface area contributed by atoms with Crippen molar-refractivity contribution in [2.24, 2.45) is 0 Å². The molecule has 18 heavy (non-hydrogen) atoms. The molecular formula is C14H18F3N. The minimum atomic E-state index is -4.28. The molecule has 2 atom stereocenters. The van der Waals surface area contributed by atoms with Gasteiger partial charge in [0.1, 0.15) is 0 Å². The van der Waals surface area contributed by atoms with E-state index in [1.807, 2.05) is 6.92 Å². The monoisotopic (exact) mass is 257 g/mol. The molecule has 0 radical (unpaired) electrons. The molecule has 4 heteroatoms. The van der Waals surface area contributed by atoms with Gasteiger partial charge in [-0.05, 0) is 43.4 Å². The second kappa shape index (κ2) is 4.18. The SMILES string of the molecule is CCC1(C)CC(C)c2c(cccc2C(F)(F)F)N1. The minimum absolute atomic E-state index is 0.0796. The van der Waals surface area contributed by atoms with Crippen LogP contribution in [0.25, 0.3) is 0 Å². The average Bonchev–Trinajstić information content (AvgIpc) is 2.26. The molecule has 0 bridgehead atoms. The van der Waals surface area contributed by atoms with Crippen LogP contribution in [0, 0.1) is 0 Å². The zero-order valence-corrected chi connectivity index (χ0v) is 10.9. The topological polar surface area (TPSA) is 12.0 Å². The van der Waals surface area contributed by atoms with Gasteiger partial charge >= 0.3 is 6.18 Å². The first-order valence-electron chi connectivity index (χ1n) is 6.25. The number of rotatable bonds is 1. The Morgan fingerprint density at radius 3 is 2.61 bits per heavy atom. The third kappa shape index (κ3) is 2.20. The van der Waals surface area contributed by atoms with Gasteiger partial charge in [0.2, 0.25) is 0 Å². The van der Waals surface area contributed by atoms with E-state index in [9.17, 15) is 13.2 Å². The fraction of sp³-hybridized carbons (Fsp3) is 0.571. The lowest BCUT2D eigenvalue weighted by molar-refractivity contribution is -0.138. The van der Waals surface area contributed by atoms with Gasteiger partial charge < -0.3 is 5.32 Å². The highest BCUT2D eigenvalue weighted by atomic mass is 19.4. The molecule has 1 aromatic rings. The lowest BCUT2D eigenvalue weighted by Crippen LogP contribution is -2.39. The van der Waals surface area contributed by atoms with Crippen molar-refractivity contribution in [3.05, 3.63) is 29.3 Å². The summed E-state index contributed by atoms with van der Waals surface area (Å²) in [6.45, 7) is 5.99. The molecule has 1 aromatic carbocycles. The second-order valence-electron chi connectivity index (χ2n) is 5.41. The van der Waals surface area contributed by atoms with Gasteiger partial charge in [-0.3, -0.25) is 0 Å². The Hall–Kier alpha value is -1.19. The van der Waals surface area contributed by atoms with Crippen LogP contribution in [-0.4, -0.2) is 5.54 Å². The van der Waals surface area contributed by atoms with Crippen molar-refractivity contribution in [3.63, 3.8) is 0 Å². The van der Waals surface area contributed by atoms with Crippen molar-refractivity contribution >= 4 is 5.69 Å². The van der Waals surface area contributed by atoms with Crippen LogP contribution in [-0.2, 0) is 6.18 Å². The quantitative estimate of drug-likeness (QED) is 0.762. The van der Waals surface area contributed by atoms with Crippen LogP contribution in [0.5, 0.6) is 0 Å². The summed E-state index contributed by atoms with van der Waals surface area (Å²) in [5.41, 5.74) is 0.429. The van der Waals surface area contributed by atoms with Gasteiger partial charge in [0.25, 0.3) is 0 Å². The zero-order chi connectivity index (χ0) is 13.6. The highest BCUT2D eigenvalue weighted by Gasteiger charge is 2.40. The molecule has 0 saturated heterocycles. The van der Waals surface area contributed by atoms with Crippen molar-refractivity contribution in [3.8, 4) is 0 Å². The number of anilines is 1. The van der Waals surface area contributed by atoms with Crippen LogP contribution >= 0.6 is 0 Å². The van der Waals surface area contributed by atoms with Gasteiger partial charge in [-0.2, -0.15) is 13.2 Å². The third-order valence-corrected chi connectivity index (χ3v) is 3.88. The molecule has 1 aliphatic heterocycles. The second-order valence-corrected chi connectivity index (χ2v) is 5.41. The summed E-state index contributed by atoms with van der Waals surface area (Å²) >= 11 is 0. The molecule has 1 nitrogen and oxygen atoms in total. The molecule has 2 rings (SSSR count). The van der Waals surface area contributed by atoms with Gasteiger partial charge in [0.15, 0.2) is 0 Å². The van der Waals surface area contributed by atoms with Crippen LogP contribution in [0.1, 0.15) is 50.7 Å². The van der Waals surface area contributed by atoms with Crippen LogP contribution in [0.4, 0.5) is 18.9 Å². The maximum atomic E-state index is 13.0. The lowest BCUT2D eigenvalue weighted by atomic mass is 9.78. The third-order valence-electron chi connectivity index (χ3n) is 3.88. The van der Waals surface area contributed by atoms with Gasteiger partial charge in [-0.1, -0.05) is 19.9 Å². The normalized spacial score (nSPS) is 27.6. The predicted molar refractivity (Wildman–Crippen MR) is 66.8 cm³/mol. The number of fused-ring (bicyclic) bond motifs is 1. The fourth-order valence-electron chi connectivity index (χ4n) is 2.84. The van der Waals surface area contributed by atoms with E-state index in [4.69, 9.17) is 0 Å². The van der Waals surface area contributed by atoms with Gasteiger partial charge in [-0.25, -0.2) is 0 Å². The smallest absolute Gasteiger partial charge is 0.380 e. The Bertz CT molecular complexity index is 453. The van der Waals surface area contributed by atoms with Crippen LogP contribution in [0.15, 0.2) is 18.2 Å². The van der Waals surface area contributed by atoms with E-state index in [2.05, 4.69) is 19.2 Å². The summed E-state index contributed by atoms with van der Waals surface area (Å²) in [4.78, 5) is 0. The van der Waals surface area contributed by atoms with E-state index in [0.717, 1.165) is 12.8 Å².